The minimum atomic E-state index is -0.630. The van der Waals surface area contributed by atoms with Gasteiger partial charge in [-0.2, -0.15) is 0 Å². The van der Waals surface area contributed by atoms with Crippen molar-refractivity contribution < 1.29 is 19.1 Å². The van der Waals surface area contributed by atoms with Gasteiger partial charge in [0.15, 0.2) is 0 Å². The summed E-state index contributed by atoms with van der Waals surface area (Å²) in [6, 6.07) is 0. The van der Waals surface area contributed by atoms with Crippen molar-refractivity contribution in [2.24, 2.45) is 11.8 Å². The molecule has 0 bridgehead atoms. The lowest BCUT2D eigenvalue weighted by Crippen LogP contribution is -2.45. The fourth-order valence-corrected chi connectivity index (χ4v) is 4.91. The topological polar surface area (TPSA) is 55.8 Å². The summed E-state index contributed by atoms with van der Waals surface area (Å²) in [7, 11) is 2.09. The zero-order chi connectivity index (χ0) is 20.0. The second-order valence-corrected chi connectivity index (χ2v) is 8.25. The van der Waals surface area contributed by atoms with Gasteiger partial charge >= 0.3 is 11.9 Å². The normalized spacial score (nSPS) is 27.4. The van der Waals surface area contributed by atoms with Crippen molar-refractivity contribution in [1.29, 1.82) is 0 Å². The predicted octanol–water partition coefficient (Wildman–Crippen LogP) is 3.49. The lowest BCUT2D eigenvalue weighted by Gasteiger charge is -2.36. The van der Waals surface area contributed by atoms with Crippen LogP contribution in [0.5, 0.6) is 0 Å². The lowest BCUT2D eigenvalue weighted by atomic mass is 9.67. The van der Waals surface area contributed by atoms with Gasteiger partial charge in [0.05, 0.1) is 25.0 Å². The molecule has 2 atom stereocenters. The van der Waals surface area contributed by atoms with Crippen LogP contribution in [0, 0.1) is 11.8 Å². The number of carbonyl (C=O) groups excluding carboxylic acids is 2. The smallest absolute Gasteiger partial charge is 0.314 e. The number of hydrogen-bond donors (Lipinski definition) is 0. The number of likely N-dealkylation sites (tertiary alicyclic amines) is 1. The second-order valence-electron chi connectivity index (χ2n) is 8.25. The molecule has 0 radical (unpaired) electrons. The summed E-state index contributed by atoms with van der Waals surface area (Å²) in [6.45, 7) is 16.7. The van der Waals surface area contributed by atoms with Crippen LogP contribution in [0.25, 0.3) is 0 Å². The summed E-state index contributed by atoms with van der Waals surface area (Å²) in [4.78, 5) is 27.9. The molecule has 1 aliphatic heterocycles. The summed E-state index contributed by atoms with van der Waals surface area (Å²) < 4.78 is 10.7. The van der Waals surface area contributed by atoms with Crippen LogP contribution in [0.15, 0.2) is 22.3 Å². The van der Waals surface area contributed by atoms with E-state index >= 15 is 0 Å². The van der Waals surface area contributed by atoms with Gasteiger partial charge in [-0.25, -0.2) is 0 Å². The van der Waals surface area contributed by atoms with Crippen molar-refractivity contribution in [2.75, 3.05) is 20.3 Å². The molecule has 5 heteroatoms. The van der Waals surface area contributed by atoms with Gasteiger partial charge in [0.1, 0.15) is 0 Å². The zero-order valence-corrected chi connectivity index (χ0v) is 17.6. The maximum Gasteiger partial charge on any atom is 0.314 e. The SMILES string of the molecule is CCOC(=O)C1C(C)=C2C(=C(C)C1C(=O)OCC)C(C)(C)N(C)C2(C)C. The average Bonchev–Trinajstić information content (AvgIpc) is 2.68. The van der Waals surface area contributed by atoms with E-state index in [1.165, 1.54) is 0 Å². The summed E-state index contributed by atoms with van der Waals surface area (Å²) in [6.07, 6.45) is 0. The van der Waals surface area contributed by atoms with Gasteiger partial charge in [-0.05, 0) is 73.6 Å². The quantitative estimate of drug-likeness (QED) is 0.716. The number of hydrogen-bond acceptors (Lipinski definition) is 5. The third-order valence-electron chi connectivity index (χ3n) is 6.29. The molecule has 0 aromatic heterocycles. The van der Waals surface area contributed by atoms with Crippen LogP contribution < -0.4 is 0 Å². The molecule has 1 aliphatic carbocycles. The molecule has 0 aromatic rings. The van der Waals surface area contributed by atoms with Crippen molar-refractivity contribution >= 4 is 11.9 Å². The minimum absolute atomic E-state index is 0.242. The molecule has 2 unspecified atom stereocenters. The number of nitrogens with zero attached hydrogens (tertiary/aromatic N) is 1. The third-order valence-corrected chi connectivity index (χ3v) is 6.29. The highest BCUT2D eigenvalue weighted by Crippen LogP contribution is 2.55. The van der Waals surface area contributed by atoms with E-state index in [0.717, 1.165) is 22.3 Å². The first kappa shape index (κ1) is 20.7. The number of carbonyl (C=O) groups is 2. The highest BCUT2D eigenvalue weighted by Gasteiger charge is 2.56. The van der Waals surface area contributed by atoms with Crippen LogP contribution in [-0.2, 0) is 19.1 Å². The van der Waals surface area contributed by atoms with Crippen LogP contribution in [0.2, 0.25) is 0 Å². The number of ether oxygens (including phenoxy) is 2. The van der Waals surface area contributed by atoms with E-state index in [-0.39, 0.29) is 36.2 Å². The molecule has 0 N–H and O–H groups in total. The van der Waals surface area contributed by atoms with Crippen molar-refractivity contribution in [3.63, 3.8) is 0 Å². The van der Waals surface area contributed by atoms with E-state index < -0.39 is 11.8 Å². The van der Waals surface area contributed by atoms with E-state index in [4.69, 9.17) is 9.47 Å². The lowest BCUT2D eigenvalue weighted by molar-refractivity contribution is -0.157. The number of likely N-dealkylation sites (N-methyl/N-ethyl adjacent to an activating group) is 1. The number of rotatable bonds is 4. The molecule has 2 aliphatic rings. The van der Waals surface area contributed by atoms with Gasteiger partial charge in [0.25, 0.3) is 0 Å². The van der Waals surface area contributed by atoms with Gasteiger partial charge in [-0.3, -0.25) is 14.5 Å². The first-order valence-corrected chi connectivity index (χ1v) is 9.44. The second kappa shape index (κ2) is 6.84. The molecule has 1 saturated heterocycles. The number of fused-ring (bicyclic) bond motifs is 1. The molecule has 1 heterocycles. The molecule has 1 fully saturated rings. The van der Waals surface area contributed by atoms with Crippen LogP contribution >= 0.6 is 0 Å². The van der Waals surface area contributed by atoms with Crippen LogP contribution in [0.1, 0.15) is 55.4 Å². The fourth-order valence-electron chi connectivity index (χ4n) is 4.91. The molecule has 0 amide bonds. The predicted molar refractivity (Wildman–Crippen MR) is 102 cm³/mol. The van der Waals surface area contributed by atoms with E-state index in [2.05, 4.69) is 39.6 Å². The first-order chi connectivity index (χ1) is 11.9. The maximum absolute atomic E-state index is 12.8. The maximum atomic E-state index is 12.8. The largest absolute Gasteiger partial charge is 0.466 e. The van der Waals surface area contributed by atoms with E-state index in [0.29, 0.717) is 0 Å². The van der Waals surface area contributed by atoms with E-state index in [1.54, 1.807) is 13.8 Å². The van der Waals surface area contributed by atoms with Crippen LogP contribution in [-0.4, -0.2) is 48.2 Å². The van der Waals surface area contributed by atoms with Crippen molar-refractivity contribution in [3.8, 4) is 0 Å². The van der Waals surface area contributed by atoms with E-state index in [1.807, 2.05) is 13.8 Å². The van der Waals surface area contributed by atoms with Crippen LogP contribution in [0.4, 0.5) is 0 Å². The Balaban J connectivity index is 2.76. The first-order valence-electron chi connectivity index (χ1n) is 9.44. The highest BCUT2D eigenvalue weighted by atomic mass is 16.5. The molecule has 26 heavy (non-hydrogen) atoms. The summed E-state index contributed by atoms with van der Waals surface area (Å²) in [5.74, 6) is -1.96. The molecule has 146 valence electrons. The van der Waals surface area contributed by atoms with Gasteiger partial charge in [0.2, 0.25) is 0 Å². The van der Waals surface area contributed by atoms with Crippen molar-refractivity contribution in [2.45, 2.75) is 66.5 Å². The standard InChI is InChI=1S/C21H33NO4/c1-10-25-18(23)14-12(3)16-17(13(4)15(14)19(24)26-11-2)21(7,8)22(9)20(16,5)6/h14-15H,10-11H2,1-9H3. The van der Waals surface area contributed by atoms with E-state index in [9.17, 15) is 9.59 Å². The molecular formula is C21H33NO4. The van der Waals surface area contributed by atoms with Crippen molar-refractivity contribution in [1.82, 2.24) is 4.90 Å². The van der Waals surface area contributed by atoms with Crippen molar-refractivity contribution in [3.05, 3.63) is 22.3 Å². The average molecular weight is 363 g/mol. The van der Waals surface area contributed by atoms with Crippen LogP contribution in [0.3, 0.4) is 0 Å². The summed E-state index contributed by atoms with van der Waals surface area (Å²) in [5.41, 5.74) is 3.67. The molecule has 5 nitrogen and oxygen atoms in total. The Morgan fingerprint density at radius 3 is 1.42 bits per heavy atom. The summed E-state index contributed by atoms with van der Waals surface area (Å²) in [5, 5.41) is 0. The molecule has 0 saturated carbocycles. The van der Waals surface area contributed by atoms with Gasteiger partial charge in [-0.15, -0.1) is 0 Å². The molecular weight excluding hydrogens is 330 g/mol. The third kappa shape index (κ3) is 2.81. The highest BCUT2D eigenvalue weighted by molar-refractivity contribution is 5.89. The van der Waals surface area contributed by atoms with Gasteiger partial charge in [-0.1, -0.05) is 11.1 Å². The molecule has 0 aromatic carbocycles. The number of esters is 2. The Hall–Kier alpha value is -1.62. The molecule has 0 spiro atoms. The Morgan fingerprint density at radius 2 is 1.15 bits per heavy atom. The van der Waals surface area contributed by atoms with Gasteiger partial charge in [0, 0.05) is 11.1 Å². The fraction of sp³-hybridized carbons (Fsp3) is 0.714. The minimum Gasteiger partial charge on any atom is -0.466 e. The Labute approximate surface area is 157 Å². The monoisotopic (exact) mass is 363 g/mol. The Morgan fingerprint density at radius 1 is 0.846 bits per heavy atom. The molecule has 2 rings (SSSR count). The zero-order valence-electron chi connectivity index (χ0n) is 17.6. The Bertz CT molecular complexity index is 626. The summed E-state index contributed by atoms with van der Waals surface area (Å²) >= 11 is 0. The van der Waals surface area contributed by atoms with Gasteiger partial charge < -0.3 is 9.47 Å². The Kier molecular flexibility index (Phi) is 5.44.